The maximum atomic E-state index is 12.8. The van der Waals surface area contributed by atoms with Crippen molar-refractivity contribution in [2.75, 3.05) is 38.2 Å². The Kier molecular flexibility index (Phi) is 5.79. The van der Waals surface area contributed by atoms with Gasteiger partial charge in [0.1, 0.15) is 11.6 Å². The third-order valence-electron chi connectivity index (χ3n) is 5.33. The van der Waals surface area contributed by atoms with Crippen molar-refractivity contribution >= 4 is 17.4 Å². The highest BCUT2D eigenvalue weighted by Crippen LogP contribution is 2.30. The average Bonchev–Trinajstić information content (AvgIpc) is 2.84. The highest BCUT2D eigenvalue weighted by molar-refractivity contribution is 5.94. The summed E-state index contributed by atoms with van der Waals surface area (Å²) in [5.41, 5.74) is 1.64. The van der Waals surface area contributed by atoms with E-state index in [-0.39, 0.29) is 11.6 Å². The number of hydrogen-bond donors (Lipinski definition) is 0. The molecule has 3 aromatic rings. The van der Waals surface area contributed by atoms with Crippen molar-refractivity contribution in [3.63, 3.8) is 0 Å². The van der Waals surface area contributed by atoms with Crippen LogP contribution in [0, 0.1) is 10.1 Å². The standard InChI is InChI=1S/C23H22N4O4/c1-31-19-9-7-18(8-10-19)23(28)26-15-13-25(14-16-26)21-12-11-20(27(29)30)22(24-21)17-5-3-2-4-6-17/h2-12H,13-16H2,1H3. The number of carbonyl (C=O) groups excluding carboxylic acids is 1. The molecule has 0 radical (unpaired) electrons. The van der Waals surface area contributed by atoms with Crippen LogP contribution in [0.5, 0.6) is 5.75 Å². The SMILES string of the molecule is COc1ccc(C(=O)N2CCN(c3ccc([N+](=O)[O-])c(-c4ccccc4)n3)CC2)cc1. The van der Waals surface area contributed by atoms with Gasteiger partial charge in [0.2, 0.25) is 0 Å². The molecular weight excluding hydrogens is 396 g/mol. The first-order valence-electron chi connectivity index (χ1n) is 9.96. The molecule has 0 spiro atoms. The molecule has 1 aliphatic rings. The Bertz CT molecular complexity index is 1080. The molecule has 1 amide bonds. The molecule has 0 N–H and O–H groups in total. The molecule has 1 saturated heterocycles. The predicted molar refractivity (Wildman–Crippen MR) is 117 cm³/mol. The normalized spacial score (nSPS) is 13.7. The van der Waals surface area contributed by atoms with Gasteiger partial charge in [-0.3, -0.25) is 14.9 Å². The van der Waals surface area contributed by atoms with Crippen LogP contribution in [0.1, 0.15) is 10.4 Å². The Hall–Kier alpha value is -3.94. The minimum absolute atomic E-state index is 0.0241. The predicted octanol–water partition coefficient (Wildman–Crippen LogP) is 3.63. The second-order valence-electron chi connectivity index (χ2n) is 7.17. The number of carbonyl (C=O) groups is 1. The first-order valence-corrected chi connectivity index (χ1v) is 9.96. The van der Waals surface area contributed by atoms with E-state index in [1.54, 1.807) is 37.4 Å². The number of pyridine rings is 1. The molecule has 2 aromatic carbocycles. The van der Waals surface area contributed by atoms with Crippen molar-refractivity contribution in [3.8, 4) is 17.0 Å². The van der Waals surface area contributed by atoms with E-state index >= 15 is 0 Å². The van der Waals surface area contributed by atoms with Crippen LogP contribution in [-0.2, 0) is 0 Å². The lowest BCUT2D eigenvalue weighted by Crippen LogP contribution is -2.49. The number of hydrogen-bond acceptors (Lipinski definition) is 6. The molecular formula is C23H22N4O4. The fraction of sp³-hybridized carbons (Fsp3) is 0.217. The van der Waals surface area contributed by atoms with Crippen molar-refractivity contribution < 1.29 is 14.5 Å². The molecule has 0 aliphatic carbocycles. The van der Waals surface area contributed by atoms with Crippen molar-refractivity contribution in [1.29, 1.82) is 0 Å². The number of piperazine rings is 1. The molecule has 4 rings (SSSR count). The van der Waals surface area contributed by atoms with Crippen LogP contribution in [0.2, 0.25) is 0 Å². The number of amides is 1. The van der Waals surface area contributed by atoms with Gasteiger partial charge in [0.05, 0.1) is 12.0 Å². The molecule has 1 aromatic heterocycles. The highest BCUT2D eigenvalue weighted by Gasteiger charge is 2.25. The van der Waals surface area contributed by atoms with Gasteiger partial charge in [-0.25, -0.2) is 4.98 Å². The summed E-state index contributed by atoms with van der Waals surface area (Å²) in [5.74, 6) is 1.35. The van der Waals surface area contributed by atoms with Crippen molar-refractivity contribution in [2.24, 2.45) is 0 Å². The largest absolute Gasteiger partial charge is 0.497 e. The van der Waals surface area contributed by atoms with Crippen LogP contribution in [0.4, 0.5) is 11.5 Å². The fourth-order valence-corrected chi connectivity index (χ4v) is 3.63. The number of rotatable bonds is 5. The van der Waals surface area contributed by atoms with E-state index in [1.807, 2.05) is 40.1 Å². The number of ether oxygens (including phenoxy) is 1. The molecule has 1 aliphatic heterocycles. The van der Waals surface area contributed by atoms with E-state index < -0.39 is 4.92 Å². The zero-order valence-corrected chi connectivity index (χ0v) is 17.1. The minimum atomic E-state index is -0.412. The van der Waals surface area contributed by atoms with Crippen LogP contribution in [0.3, 0.4) is 0 Å². The zero-order valence-electron chi connectivity index (χ0n) is 17.1. The lowest BCUT2D eigenvalue weighted by atomic mass is 10.1. The van der Waals surface area contributed by atoms with E-state index in [9.17, 15) is 14.9 Å². The third-order valence-corrected chi connectivity index (χ3v) is 5.33. The summed E-state index contributed by atoms with van der Waals surface area (Å²) in [6.07, 6.45) is 0. The molecule has 0 bridgehead atoms. The Morgan fingerprint density at radius 2 is 1.65 bits per heavy atom. The Balaban J connectivity index is 1.49. The van der Waals surface area contributed by atoms with E-state index in [0.717, 1.165) is 0 Å². The number of methoxy groups -OCH3 is 1. The van der Waals surface area contributed by atoms with Crippen LogP contribution in [0.15, 0.2) is 66.7 Å². The van der Waals surface area contributed by atoms with Gasteiger partial charge >= 0.3 is 0 Å². The molecule has 1 fully saturated rings. The lowest BCUT2D eigenvalue weighted by Gasteiger charge is -2.35. The summed E-state index contributed by atoms with van der Waals surface area (Å²) in [6, 6.07) is 19.4. The van der Waals surface area contributed by atoms with Crippen molar-refractivity contribution in [2.45, 2.75) is 0 Å². The molecule has 2 heterocycles. The number of nitro groups is 1. The lowest BCUT2D eigenvalue weighted by molar-refractivity contribution is -0.384. The van der Waals surface area contributed by atoms with Gasteiger partial charge in [0.25, 0.3) is 11.6 Å². The Morgan fingerprint density at radius 3 is 2.26 bits per heavy atom. The topological polar surface area (TPSA) is 88.8 Å². The highest BCUT2D eigenvalue weighted by atomic mass is 16.6. The summed E-state index contributed by atoms with van der Waals surface area (Å²) < 4.78 is 5.14. The van der Waals surface area contributed by atoms with Crippen LogP contribution in [0.25, 0.3) is 11.3 Å². The molecule has 8 heteroatoms. The van der Waals surface area contributed by atoms with E-state index in [4.69, 9.17) is 4.74 Å². The second-order valence-corrected chi connectivity index (χ2v) is 7.17. The zero-order chi connectivity index (χ0) is 21.8. The van der Waals surface area contributed by atoms with E-state index in [0.29, 0.717) is 54.6 Å². The summed E-state index contributed by atoms with van der Waals surface area (Å²) in [7, 11) is 1.59. The van der Waals surface area contributed by atoms with Crippen molar-refractivity contribution in [1.82, 2.24) is 9.88 Å². The Morgan fingerprint density at radius 1 is 0.968 bits per heavy atom. The first kappa shape index (κ1) is 20.3. The fourth-order valence-electron chi connectivity index (χ4n) is 3.63. The van der Waals surface area contributed by atoms with Gasteiger partial charge in [0, 0.05) is 43.4 Å². The molecule has 0 unspecified atom stereocenters. The Labute approximate surface area is 179 Å². The van der Waals surface area contributed by atoms with Crippen LogP contribution in [-0.4, -0.2) is 54.0 Å². The minimum Gasteiger partial charge on any atom is -0.497 e. The molecule has 8 nitrogen and oxygen atoms in total. The maximum absolute atomic E-state index is 12.8. The molecule has 0 atom stereocenters. The molecule has 0 saturated carbocycles. The van der Waals surface area contributed by atoms with Gasteiger partial charge < -0.3 is 14.5 Å². The van der Waals surface area contributed by atoms with Gasteiger partial charge in [-0.05, 0) is 30.3 Å². The quantitative estimate of drug-likeness (QED) is 0.464. The molecule has 31 heavy (non-hydrogen) atoms. The van der Waals surface area contributed by atoms with Crippen molar-refractivity contribution in [3.05, 3.63) is 82.4 Å². The number of aromatic nitrogens is 1. The number of nitrogens with zero attached hydrogens (tertiary/aromatic N) is 4. The van der Waals surface area contributed by atoms with Crippen LogP contribution >= 0.6 is 0 Å². The van der Waals surface area contributed by atoms with E-state index in [1.165, 1.54) is 6.07 Å². The smallest absolute Gasteiger partial charge is 0.295 e. The summed E-state index contributed by atoms with van der Waals surface area (Å²) in [6.45, 7) is 2.29. The summed E-state index contributed by atoms with van der Waals surface area (Å²) >= 11 is 0. The number of benzene rings is 2. The maximum Gasteiger partial charge on any atom is 0.295 e. The molecule has 158 valence electrons. The van der Waals surface area contributed by atoms with Crippen LogP contribution < -0.4 is 9.64 Å². The number of anilines is 1. The average molecular weight is 418 g/mol. The second kappa shape index (κ2) is 8.83. The van der Waals surface area contributed by atoms with Gasteiger partial charge in [-0.1, -0.05) is 30.3 Å². The first-order chi connectivity index (χ1) is 15.1. The monoisotopic (exact) mass is 418 g/mol. The summed E-state index contributed by atoms with van der Waals surface area (Å²) in [5, 5.41) is 11.5. The van der Waals surface area contributed by atoms with Gasteiger partial charge in [-0.2, -0.15) is 0 Å². The van der Waals surface area contributed by atoms with Gasteiger partial charge in [-0.15, -0.1) is 0 Å². The van der Waals surface area contributed by atoms with Gasteiger partial charge in [0.15, 0.2) is 5.69 Å². The van der Waals surface area contributed by atoms with E-state index in [2.05, 4.69) is 4.98 Å². The summed E-state index contributed by atoms with van der Waals surface area (Å²) in [4.78, 5) is 32.3. The third kappa shape index (κ3) is 4.32.